The van der Waals surface area contributed by atoms with Crippen LogP contribution in [0.4, 0.5) is 0 Å². The van der Waals surface area contributed by atoms with Crippen LogP contribution in [0.5, 0.6) is 0 Å². The highest BCUT2D eigenvalue weighted by Gasteiger charge is 2.30. The van der Waals surface area contributed by atoms with Crippen LogP contribution in [-0.2, 0) is 4.79 Å². The Labute approximate surface area is 126 Å². The molecule has 1 N–H and O–H groups in total. The summed E-state index contributed by atoms with van der Waals surface area (Å²) in [6.07, 6.45) is 4.54. The van der Waals surface area contributed by atoms with Crippen LogP contribution in [0.2, 0.25) is 0 Å². The molecule has 0 unspecified atom stereocenters. The summed E-state index contributed by atoms with van der Waals surface area (Å²) in [5.41, 5.74) is 0.918. The summed E-state index contributed by atoms with van der Waals surface area (Å²) in [5, 5.41) is 12.9. The first-order valence-corrected chi connectivity index (χ1v) is 7.04. The average Bonchev–Trinajstić information content (AvgIpc) is 3.05. The maximum Gasteiger partial charge on any atom is 0.308 e. The number of hydrogen-bond donors (Lipinski definition) is 1. The number of hydrogen-bond acceptors (Lipinski definition) is 5. The van der Waals surface area contributed by atoms with Gasteiger partial charge in [-0.2, -0.15) is 0 Å². The molecule has 1 fully saturated rings. The zero-order valence-corrected chi connectivity index (χ0v) is 11.8. The number of carboxylic acids is 1. The Kier molecular flexibility index (Phi) is 3.86. The molecule has 7 heteroatoms. The largest absolute Gasteiger partial charge is 0.481 e. The molecular formula is C15H15N3O4. The summed E-state index contributed by atoms with van der Waals surface area (Å²) in [5.74, 6) is -1.22. The van der Waals surface area contributed by atoms with E-state index in [0.717, 1.165) is 5.56 Å². The Morgan fingerprint density at radius 2 is 2.27 bits per heavy atom. The topological polar surface area (TPSA) is 96.5 Å². The van der Waals surface area contributed by atoms with E-state index in [4.69, 9.17) is 9.63 Å². The predicted molar refractivity (Wildman–Crippen MR) is 76.0 cm³/mol. The van der Waals surface area contributed by atoms with Crippen LogP contribution in [0.15, 0.2) is 35.1 Å². The first kappa shape index (κ1) is 14.2. The molecule has 3 heterocycles. The Bertz CT molecular complexity index is 683. The molecule has 1 aliphatic heterocycles. The Morgan fingerprint density at radius 1 is 1.41 bits per heavy atom. The van der Waals surface area contributed by atoms with Crippen molar-refractivity contribution in [1.29, 1.82) is 0 Å². The lowest BCUT2D eigenvalue weighted by Gasteiger charge is -2.29. The van der Waals surface area contributed by atoms with Crippen molar-refractivity contribution in [3.05, 3.63) is 36.3 Å². The maximum absolute atomic E-state index is 12.4. The van der Waals surface area contributed by atoms with Gasteiger partial charge in [0.05, 0.1) is 5.92 Å². The number of amides is 1. The van der Waals surface area contributed by atoms with Crippen molar-refractivity contribution in [1.82, 2.24) is 15.0 Å². The van der Waals surface area contributed by atoms with Crippen LogP contribution in [0.1, 0.15) is 23.3 Å². The number of carbonyl (C=O) groups excluding carboxylic acids is 1. The van der Waals surface area contributed by atoms with E-state index in [-0.39, 0.29) is 18.1 Å². The smallest absolute Gasteiger partial charge is 0.308 e. The van der Waals surface area contributed by atoms with E-state index in [0.29, 0.717) is 25.1 Å². The van der Waals surface area contributed by atoms with E-state index >= 15 is 0 Å². The van der Waals surface area contributed by atoms with Crippen LogP contribution in [0.3, 0.4) is 0 Å². The molecule has 7 nitrogen and oxygen atoms in total. The average molecular weight is 301 g/mol. The molecule has 0 bridgehead atoms. The Balaban J connectivity index is 1.76. The van der Waals surface area contributed by atoms with Gasteiger partial charge in [-0.05, 0) is 25.0 Å². The van der Waals surface area contributed by atoms with Gasteiger partial charge in [0.2, 0.25) is 0 Å². The number of piperidine rings is 1. The number of carbonyl (C=O) groups is 2. The van der Waals surface area contributed by atoms with Gasteiger partial charge in [0.25, 0.3) is 5.91 Å². The number of rotatable bonds is 3. The SMILES string of the molecule is O=C(O)[C@H]1CCCN(C(=O)c2cc(-c3cccnc3)on2)C1. The molecule has 114 valence electrons. The van der Waals surface area contributed by atoms with Crippen LogP contribution in [0.25, 0.3) is 11.3 Å². The summed E-state index contributed by atoms with van der Waals surface area (Å²) < 4.78 is 5.18. The fourth-order valence-electron chi connectivity index (χ4n) is 2.55. The summed E-state index contributed by atoms with van der Waals surface area (Å²) in [6.45, 7) is 0.751. The molecule has 2 aromatic rings. The fraction of sp³-hybridized carbons (Fsp3) is 0.333. The van der Waals surface area contributed by atoms with Gasteiger partial charge in [-0.25, -0.2) is 0 Å². The molecule has 1 saturated heterocycles. The van der Waals surface area contributed by atoms with Crippen molar-refractivity contribution in [3.63, 3.8) is 0 Å². The molecule has 22 heavy (non-hydrogen) atoms. The third-order valence-electron chi connectivity index (χ3n) is 3.73. The van der Waals surface area contributed by atoms with Crippen molar-refractivity contribution in [3.8, 4) is 11.3 Å². The molecule has 1 amide bonds. The standard InChI is InChI=1S/C15H15N3O4/c19-14(18-6-2-4-11(9-18)15(20)21)12-7-13(22-17-12)10-3-1-5-16-8-10/h1,3,5,7-8,11H,2,4,6,9H2,(H,20,21)/t11-/m0/s1. The quantitative estimate of drug-likeness (QED) is 0.926. The van der Waals surface area contributed by atoms with Gasteiger partial charge >= 0.3 is 5.97 Å². The maximum atomic E-state index is 12.4. The minimum Gasteiger partial charge on any atom is -0.481 e. The lowest BCUT2D eigenvalue weighted by atomic mass is 9.98. The van der Waals surface area contributed by atoms with Gasteiger partial charge in [0.1, 0.15) is 0 Å². The van der Waals surface area contributed by atoms with Gasteiger partial charge in [0.15, 0.2) is 11.5 Å². The zero-order valence-electron chi connectivity index (χ0n) is 11.8. The lowest BCUT2D eigenvalue weighted by Crippen LogP contribution is -2.42. The number of likely N-dealkylation sites (tertiary alicyclic amines) is 1. The number of pyridine rings is 1. The van der Waals surface area contributed by atoms with Crippen LogP contribution in [-0.4, -0.2) is 45.1 Å². The zero-order chi connectivity index (χ0) is 15.5. The van der Waals surface area contributed by atoms with E-state index in [2.05, 4.69) is 10.1 Å². The third kappa shape index (κ3) is 2.83. The fourth-order valence-corrected chi connectivity index (χ4v) is 2.55. The molecule has 0 aromatic carbocycles. The van der Waals surface area contributed by atoms with E-state index in [1.54, 1.807) is 24.5 Å². The highest BCUT2D eigenvalue weighted by atomic mass is 16.5. The number of aliphatic carboxylic acids is 1. The van der Waals surface area contributed by atoms with Crippen molar-refractivity contribution < 1.29 is 19.2 Å². The van der Waals surface area contributed by atoms with Gasteiger partial charge < -0.3 is 14.5 Å². The second-order valence-corrected chi connectivity index (χ2v) is 5.25. The predicted octanol–water partition coefficient (Wildman–Crippen LogP) is 1.67. The highest BCUT2D eigenvalue weighted by Crippen LogP contribution is 2.22. The summed E-state index contributed by atoms with van der Waals surface area (Å²) in [7, 11) is 0. The molecule has 0 saturated carbocycles. The van der Waals surface area contributed by atoms with Crippen molar-refractivity contribution in [2.75, 3.05) is 13.1 Å². The first-order chi connectivity index (χ1) is 10.6. The minimum atomic E-state index is -0.867. The summed E-state index contributed by atoms with van der Waals surface area (Å²) >= 11 is 0. The van der Waals surface area contributed by atoms with Crippen molar-refractivity contribution in [2.24, 2.45) is 5.92 Å². The molecule has 3 rings (SSSR count). The van der Waals surface area contributed by atoms with Crippen molar-refractivity contribution in [2.45, 2.75) is 12.8 Å². The molecule has 0 radical (unpaired) electrons. The summed E-state index contributed by atoms with van der Waals surface area (Å²) in [6, 6.07) is 5.13. The normalized spacial score (nSPS) is 18.2. The van der Waals surface area contributed by atoms with Crippen molar-refractivity contribution >= 4 is 11.9 Å². The van der Waals surface area contributed by atoms with E-state index in [9.17, 15) is 9.59 Å². The monoisotopic (exact) mass is 301 g/mol. The molecule has 1 aliphatic rings. The number of nitrogens with zero attached hydrogens (tertiary/aromatic N) is 3. The Morgan fingerprint density at radius 3 is 3.00 bits per heavy atom. The lowest BCUT2D eigenvalue weighted by molar-refractivity contribution is -0.143. The van der Waals surface area contributed by atoms with Crippen LogP contribution >= 0.6 is 0 Å². The number of aromatic nitrogens is 2. The minimum absolute atomic E-state index is 0.185. The second kappa shape index (κ2) is 5.97. The number of carboxylic acid groups (broad SMARTS) is 1. The van der Waals surface area contributed by atoms with Crippen LogP contribution in [0, 0.1) is 5.92 Å². The second-order valence-electron chi connectivity index (χ2n) is 5.25. The third-order valence-corrected chi connectivity index (χ3v) is 3.73. The van der Waals surface area contributed by atoms with E-state index < -0.39 is 11.9 Å². The highest BCUT2D eigenvalue weighted by molar-refractivity contribution is 5.93. The molecular weight excluding hydrogens is 286 g/mol. The van der Waals surface area contributed by atoms with E-state index in [1.807, 2.05) is 6.07 Å². The van der Waals surface area contributed by atoms with Gasteiger partial charge in [-0.1, -0.05) is 5.16 Å². The van der Waals surface area contributed by atoms with E-state index in [1.165, 1.54) is 4.90 Å². The van der Waals surface area contributed by atoms with Gasteiger partial charge in [0, 0.05) is 37.1 Å². The molecule has 0 aliphatic carbocycles. The van der Waals surface area contributed by atoms with Gasteiger partial charge in [-0.15, -0.1) is 0 Å². The van der Waals surface area contributed by atoms with Gasteiger partial charge in [-0.3, -0.25) is 14.6 Å². The summed E-state index contributed by atoms with van der Waals surface area (Å²) in [4.78, 5) is 29.0. The first-order valence-electron chi connectivity index (χ1n) is 7.04. The molecule has 0 spiro atoms. The molecule has 1 atom stereocenters. The Hall–Kier alpha value is -2.70. The van der Waals surface area contributed by atoms with Crippen LogP contribution < -0.4 is 0 Å². The molecule has 2 aromatic heterocycles.